The van der Waals surface area contributed by atoms with Gasteiger partial charge in [-0.2, -0.15) is 0 Å². The second-order valence-electron chi connectivity index (χ2n) is 5.04. The lowest BCUT2D eigenvalue weighted by Gasteiger charge is -2.15. The number of benzene rings is 1. The maximum Gasteiger partial charge on any atom is 0.138 e. The van der Waals surface area contributed by atoms with Crippen molar-refractivity contribution in [2.24, 2.45) is 0 Å². The summed E-state index contributed by atoms with van der Waals surface area (Å²) >= 11 is 12.3. The minimum Gasteiger partial charge on any atom is -0.489 e. The van der Waals surface area contributed by atoms with Crippen LogP contribution in [0.1, 0.15) is 31.1 Å². The van der Waals surface area contributed by atoms with Crippen molar-refractivity contribution in [2.75, 3.05) is 0 Å². The molecule has 3 nitrogen and oxygen atoms in total. The number of pyridine rings is 1. The number of hydrogen-bond donors (Lipinski definition) is 1. The van der Waals surface area contributed by atoms with Gasteiger partial charge in [0.2, 0.25) is 0 Å². The zero-order chi connectivity index (χ0) is 15.4. The van der Waals surface area contributed by atoms with Gasteiger partial charge in [-0.3, -0.25) is 4.98 Å². The Bertz CT molecular complexity index is 597. The van der Waals surface area contributed by atoms with Crippen LogP contribution < -0.4 is 4.74 Å². The number of aromatic nitrogens is 1. The molecule has 112 valence electrons. The van der Waals surface area contributed by atoms with Crippen LogP contribution in [0.5, 0.6) is 5.75 Å². The van der Waals surface area contributed by atoms with E-state index in [1.807, 2.05) is 13.8 Å². The van der Waals surface area contributed by atoms with Gasteiger partial charge in [0.15, 0.2) is 0 Å². The molecule has 2 rings (SSSR count). The summed E-state index contributed by atoms with van der Waals surface area (Å²) < 4.78 is 5.58. The Morgan fingerprint density at radius 3 is 2.48 bits per heavy atom. The van der Waals surface area contributed by atoms with Crippen molar-refractivity contribution in [3.05, 3.63) is 57.8 Å². The van der Waals surface area contributed by atoms with E-state index in [1.165, 1.54) is 0 Å². The van der Waals surface area contributed by atoms with E-state index in [0.29, 0.717) is 27.8 Å². The maximum atomic E-state index is 10.4. The van der Waals surface area contributed by atoms with Crippen molar-refractivity contribution in [3.63, 3.8) is 0 Å². The summed E-state index contributed by atoms with van der Waals surface area (Å²) in [4.78, 5) is 4.09. The molecule has 0 amide bonds. The number of hydrogen-bond acceptors (Lipinski definition) is 3. The SMILES string of the molecule is CC(C)Oc1cncc(C(O)Cc2c(Cl)cccc2Cl)c1. The Kier molecular flexibility index (Phi) is 5.45. The highest BCUT2D eigenvalue weighted by Crippen LogP contribution is 2.30. The second kappa shape index (κ2) is 7.12. The Morgan fingerprint density at radius 2 is 1.86 bits per heavy atom. The maximum absolute atomic E-state index is 10.4. The molecule has 1 unspecified atom stereocenters. The Morgan fingerprint density at radius 1 is 1.19 bits per heavy atom. The number of nitrogens with zero attached hydrogens (tertiary/aromatic N) is 1. The molecule has 21 heavy (non-hydrogen) atoms. The molecular formula is C16H17Cl2NO2. The van der Waals surface area contributed by atoms with E-state index >= 15 is 0 Å². The summed E-state index contributed by atoms with van der Waals surface area (Å²) in [6.07, 6.45) is 2.87. The van der Waals surface area contributed by atoms with Crippen molar-refractivity contribution in [2.45, 2.75) is 32.5 Å². The average Bonchev–Trinajstić information content (AvgIpc) is 2.42. The van der Waals surface area contributed by atoms with Gasteiger partial charge >= 0.3 is 0 Å². The van der Waals surface area contributed by atoms with Gasteiger partial charge in [0, 0.05) is 28.2 Å². The van der Waals surface area contributed by atoms with Crippen LogP contribution in [0.15, 0.2) is 36.7 Å². The third kappa shape index (κ3) is 4.34. The van der Waals surface area contributed by atoms with E-state index in [-0.39, 0.29) is 6.10 Å². The standard InChI is InChI=1S/C16H17Cl2NO2/c1-10(2)21-12-6-11(8-19-9-12)16(20)7-13-14(17)4-3-5-15(13)18/h3-6,8-10,16,20H,7H2,1-2H3. The first kappa shape index (κ1) is 16.1. The summed E-state index contributed by atoms with van der Waals surface area (Å²) in [5.74, 6) is 0.631. The van der Waals surface area contributed by atoms with Crippen LogP contribution in [0.4, 0.5) is 0 Å². The van der Waals surface area contributed by atoms with Crippen molar-refractivity contribution in [1.82, 2.24) is 4.98 Å². The van der Waals surface area contributed by atoms with Crippen LogP contribution in [0, 0.1) is 0 Å². The highest BCUT2D eigenvalue weighted by atomic mass is 35.5. The Hall–Kier alpha value is -1.29. The van der Waals surface area contributed by atoms with E-state index < -0.39 is 6.10 Å². The zero-order valence-electron chi connectivity index (χ0n) is 11.9. The quantitative estimate of drug-likeness (QED) is 0.882. The van der Waals surface area contributed by atoms with Crippen molar-refractivity contribution in [1.29, 1.82) is 0 Å². The van der Waals surface area contributed by atoms with Gasteiger partial charge in [0.1, 0.15) is 5.75 Å². The fourth-order valence-corrected chi connectivity index (χ4v) is 2.54. The third-order valence-electron chi connectivity index (χ3n) is 2.95. The van der Waals surface area contributed by atoms with E-state index in [2.05, 4.69) is 4.98 Å². The lowest BCUT2D eigenvalue weighted by atomic mass is 10.0. The van der Waals surface area contributed by atoms with Gasteiger partial charge in [0.25, 0.3) is 0 Å². The lowest BCUT2D eigenvalue weighted by Crippen LogP contribution is -2.08. The van der Waals surface area contributed by atoms with Crippen molar-refractivity contribution < 1.29 is 9.84 Å². The molecule has 1 heterocycles. The topological polar surface area (TPSA) is 42.4 Å². The van der Waals surface area contributed by atoms with Crippen LogP contribution in [0.3, 0.4) is 0 Å². The second-order valence-corrected chi connectivity index (χ2v) is 5.86. The predicted molar refractivity (Wildman–Crippen MR) is 85.1 cm³/mol. The molecule has 0 aliphatic heterocycles. The molecule has 5 heteroatoms. The van der Waals surface area contributed by atoms with Crippen molar-refractivity contribution in [3.8, 4) is 5.75 Å². The monoisotopic (exact) mass is 325 g/mol. The van der Waals surface area contributed by atoms with Crippen LogP contribution in [-0.2, 0) is 6.42 Å². The molecule has 2 aromatic rings. The van der Waals surface area contributed by atoms with Gasteiger partial charge < -0.3 is 9.84 Å². The molecule has 0 aliphatic rings. The zero-order valence-corrected chi connectivity index (χ0v) is 13.4. The minimum absolute atomic E-state index is 0.0530. The number of halogens is 2. The summed E-state index contributed by atoms with van der Waals surface area (Å²) in [5, 5.41) is 11.5. The largest absolute Gasteiger partial charge is 0.489 e. The number of ether oxygens (including phenoxy) is 1. The number of aliphatic hydroxyl groups excluding tert-OH is 1. The molecule has 0 bridgehead atoms. The molecule has 0 fully saturated rings. The molecule has 0 saturated heterocycles. The smallest absolute Gasteiger partial charge is 0.138 e. The van der Waals surface area contributed by atoms with Gasteiger partial charge in [-0.25, -0.2) is 0 Å². The first-order valence-electron chi connectivity index (χ1n) is 6.70. The average molecular weight is 326 g/mol. The first-order chi connectivity index (χ1) is 9.97. The molecule has 0 radical (unpaired) electrons. The molecular weight excluding hydrogens is 309 g/mol. The Balaban J connectivity index is 2.18. The van der Waals surface area contributed by atoms with Crippen LogP contribution >= 0.6 is 23.2 Å². The van der Waals surface area contributed by atoms with Crippen LogP contribution in [0.2, 0.25) is 10.0 Å². The minimum atomic E-state index is -0.745. The van der Waals surface area contributed by atoms with Crippen LogP contribution in [0.25, 0.3) is 0 Å². The van der Waals surface area contributed by atoms with E-state index in [9.17, 15) is 5.11 Å². The predicted octanol–water partition coefficient (Wildman–Crippen LogP) is 4.45. The molecule has 1 aromatic heterocycles. The normalized spacial score (nSPS) is 12.5. The lowest BCUT2D eigenvalue weighted by molar-refractivity contribution is 0.176. The van der Waals surface area contributed by atoms with Crippen molar-refractivity contribution >= 4 is 23.2 Å². The van der Waals surface area contributed by atoms with Crippen LogP contribution in [-0.4, -0.2) is 16.2 Å². The Labute approximate surface area is 134 Å². The fraction of sp³-hybridized carbons (Fsp3) is 0.312. The summed E-state index contributed by atoms with van der Waals surface area (Å²) in [6.45, 7) is 3.87. The van der Waals surface area contributed by atoms with Gasteiger partial charge in [0.05, 0.1) is 18.4 Å². The molecule has 1 N–H and O–H groups in total. The first-order valence-corrected chi connectivity index (χ1v) is 7.45. The molecule has 1 aromatic carbocycles. The number of aliphatic hydroxyl groups is 1. The van der Waals surface area contributed by atoms with Gasteiger partial charge in [-0.05, 0) is 37.6 Å². The summed E-state index contributed by atoms with van der Waals surface area (Å²) in [5.41, 5.74) is 1.40. The number of rotatable bonds is 5. The molecule has 0 spiro atoms. The highest BCUT2D eigenvalue weighted by molar-refractivity contribution is 6.35. The fourth-order valence-electron chi connectivity index (χ4n) is 1.99. The van der Waals surface area contributed by atoms with Gasteiger partial charge in [-0.15, -0.1) is 0 Å². The molecule has 1 atom stereocenters. The highest BCUT2D eigenvalue weighted by Gasteiger charge is 2.15. The summed E-state index contributed by atoms with van der Waals surface area (Å²) in [6, 6.07) is 7.07. The third-order valence-corrected chi connectivity index (χ3v) is 3.66. The van der Waals surface area contributed by atoms with E-state index in [1.54, 1.807) is 36.7 Å². The summed E-state index contributed by atoms with van der Waals surface area (Å²) in [7, 11) is 0. The van der Waals surface area contributed by atoms with Gasteiger partial charge in [-0.1, -0.05) is 29.3 Å². The molecule has 0 aliphatic carbocycles. The molecule has 0 saturated carbocycles. The van der Waals surface area contributed by atoms with E-state index in [0.717, 1.165) is 5.56 Å². The van der Waals surface area contributed by atoms with E-state index in [4.69, 9.17) is 27.9 Å².